The van der Waals surface area contributed by atoms with E-state index in [1.165, 1.54) is 11.1 Å². The molecule has 0 spiro atoms. The summed E-state index contributed by atoms with van der Waals surface area (Å²) < 4.78 is 0. The Morgan fingerprint density at radius 1 is 0.800 bits per heavy atom. The van der Waals surface area contributed by atoms with Crippen LogP contribution >= 0.6 is 11.6 Å². The van der Waals surface area contributed by atoms with Crippen molar-refractivity contribution in [2.45, 2.75) is 5.88 Å². The molecule has 0 amide bonds. The summed E-state index contributed by atoms with van der Waals surface area (Å²) in [5, 5.41) is 0. The number of benzene rings is 2. The van der Waals surface area contributed by atoms with Gasteiger partial charge in [-0.2, -0.15) is 0 Å². The van der Waals surface area contributed by atoms with Crippen molar-refractivity contribution in [1.82, 2.24) is 0 Å². The number of alkyl halides is 1. The summed E-state index contributed by atoms with van der Waals surface area (Å²) in [5.41, 5.74) is 9.91. The summed E-state index contributed by atoms with van der Waals surface area (Å²) in [6, 6.07) is 16.1. The molecule has 0 aliphatic heterocycles. The first kappa shape index (κ1) is 10.1. The third kappa shape index (κ3) is 2.31. The Labute approximate surface area is 94.5 Å². The highest BCUT2D eigenvalue weighted by molar-refractivity contribution is 6.17. The quantitative estimate of drug-likeness (QED) is 0.603. The normalized spacial score (nSPS) is 10.2. The van der Waals surface area contributed by atoms with Crippen LogP contribution < -0.4 is 5.73 Å². The second kappa shape index (κ2) is 4.37. The molecule has 1 nitrogen and oxygen atoms in total. The highest BCUT2D eigenvalue weighted by atomic mass is 35.5. The molecule has 0 radical (unpaired) electrons. The molecule has 2 N–H and O–H groups in total. The van der Waals surface area contributed by atoms with E-state index in [9.17, 15) is 0 Å². The monoisotopic (exact) mass is 217 g/mol. The molecule has 0 aliphatic rings. The van der Waals surface area contributed by atoms with Crippen molar-refractivity contribution in [1.29, 1.82) is 0 Å². The van der Waals surface area contributed by atoms with Crippen molar-refractivity contribution in [3.8, 4) is 11.1 Å². The fourth-order valence-corrected chi connectivity index (χ4v) is 1.64. The van der Waals surface area contributed by atoms with E-state index in [0.717, 1.165) is 11.3 Å². The van der Waals surface area contributed by atoms with Crippen molar-refractivity contribution < 1.29 is 0 Å². The zero-order chi connectivity index (χ0) is 10.7. The molecule has 2 heteroatoms. The molecule has 76 valence electrons. The van der Waals surface area contributed by atoms with Gasteiger partial charge in [-0.15, -0.1) is 11.6 Å². The van der Waals surface area contributed by atoms with Crippen LogP contribution in [0.4, 0.5) is 5.69 Å². The van der Waals surface area contributed by atoms with Crippen LogP contribution in [0.3, 0.4) is 0 Å². The van der Waals surface area contributed by atoms with Crippen LogP contribution in [0.2, 0.25) is 0 Å². The summed E-state index contributed by atoms with van der Waals surface area (Å²) in [6.07, 6.45) is 0. The van der Waals surface area contributed by atoms with E-state index < -0.39 is 0 Å². The second-order valence-electron chi connectivity index (χ2n) is 3.45. The predicted octanol–water partition coefficient (Wildman–Crippen LogP) is 3.67. The number of hydrogen-bond acceptors (Lipinski definition) is 1. The van der Waals surface area contributed by atoms with Crippen molar-refractivity contribution in [3.05, 3.63) is 54.1 Å². The minimum Gasteiger partial charge on any atom is -0.399 e. The SMILES string of the molecule is Nc1ccc(-c2ccc(CCl)cc2)cc1. The maximum atomic E-state index is 5.73. The number of rotatable bonds is 2. The molecular weight excluding hydrogens is 206 g/mol. The predicted molar refractivity (Wildman–Crippen MR) is 65.8 cm³/mol. The van der Waals surface area contributed by atoms with Crippen LogP contribution in [0.1, 0.15) is 5.56 Å². The van der Waals surface area contributed by atoms with Crippen LogP contribution in [0.15, 0.2) is 48.5 Å². The average Bonchev–Trinajstić information content (AvgIpc) is 2.30. The lowest BCUT2D eigenvalue weighted by Gasteiger charge is -2.03. The van der Waals surface area contributed by atoms with E-state index in [0.29, 0.717) is 5.88 Å². The Morgan fingerprint density at radius 2 is 1.27 bits per heavy atom. The van der Waals surface area contributed by atoms with Gasteiger partial charge in [0.05, 0.1) is 0 Å². The average molecular weight is 218 g/mol. The van der Waals surface area contributed by atoms with Gasteiger partial charge in [0.2, 0.25) is 0 Å². The molecule has 0 saturated heterocycles. The molecule has 0 saturated carbocycles. The van der Waals surface area contributed by atoms with Crippen LogP contribution in [0.5, 0.6) is 0 Å². The van der Waals surface area contributed by atoms with Crippen LogP contribution in [0, 0.1) is 0 Å². The summed E-state index contributed by atoms with van der Waals surface area (Å²) in [7, 11) is 0. The van der Waals surface area contributed by atoms with Gasteiger partial charge in [-0.1, -0.05) is 36.4 Å². The third-order valence-corrected chi connectivity index (χ3v) is 2.66. The van der Waals surface area contributed by atoms with Crippen molar-refractivity contribution in [2.24, 2.45) is 0 Å². The number of hydrogen-bond donors (Lipinski definition) is 1. The molecule has 2 rings (SSSR count). The molecule has 0 unspecified atom stereocenters. The van der Waals surface area contributed by atoms with Crippen LogP contribution in [-0.4, -0.2) is 0 Å². The van der Waals surface area contributed by atoms with Crippen LogP contribution in [-0.2, 0) is 5.88 Å². The fourth-order valence-electron chi connectivity index (χ4n) is 1.46. The first-order valence-electron chi connectivity index (χ1n) is 4.80. The van der Waals surface area contributed by atoms with Gasteiger partial charge in [0.15, 0.2) is 0 Å². The summed E-state index contributed by atoms with van der Waals surface area (Å²) in [5.74, 6) is 0.558. The van der Waals surface area contributed by atoms with Crippen molar-refractivity contribution in [3.63, 3.8) is 0 Å². The van der Waals surface area contributed by atoms with E-state index in [4.69, 9.17) is 17.3 Å². The van der Waals surface area contributed by atoms with Gasteiger partial charge in [0.25, 0.3) is 0 Å². The van der Waals surface area contributed by atoms with E-state index >= 15 is 0 Å². The number of anilines is 1. The standard InChI is InChI=1S/C13H12ClN/c14-9-10-1-3-11(4-2-10)12-5-7-13(15)8-6-12/h1-8H,9,15H2. The molecule has 0 atom stereocenters. The first-order valence-corrected chi connectivity index (χ1v) is 5.34. The van der Waals surface area contributed by atoms with Gasteiger partial charge in [-0.3, -0.25) is 0 Å². The lowest BCUT2D eigenvalue weighted by Crippen LogP contribution is -1.84. The zero-order valence-electron chi connectivity index (χ0n) is 8.28. The Kier molecular flexibility index (Phi) is 2.93. The molecule has 2 aromatic rings. The largest absolute Gasteiger partial charge is 0.399 e. The maximum absolute atomic E-state index is 5.73. The van der Waals surface area contributed by atoms with Gasteiger partial charge in [0, 0.05) is 11.6 Å². The van der Waals surface area contributed by atoms with Gasteiger partial charge >= 0.3 is 0 Å². The summed E-state index contributed by atoms with van der Waals surface area (Å²) >= 11 is 5.73. The van der Waals surface area contributed by atoms with E-state index in [1.54, 1.807) is 0 Å². The first-order chi connectivity index (χ1) is 7.29. The highest BCUT2D eigenvalue weighted by Crippen LogP contribution is 2.21. The Bertz CT molecular complexity index is 431. The molecule has 0 bridgehead atoms. The Morgan fingerprint density at radius 3 is 1.73 bits per heavy atom. The van der Waals surface area contributed by atoms with Crippen molar-refractivity contribution in [2.75, 3.05) is 5.73 Å². The molecule has 0 aromatic heterocycles. The number of nitrogen functional groups attached to an aromatic ring is 1. The van der Waals surface area contributed by atoms with Crippen LogP contribution in [0.25, 0.3) is 11.1 Å². The lowest BCUT2D eigenvalue weighted by molar-refractivity contribution is 1.40. The van der Waals surface area contributed by atoms with E-state index in [2.05, 4.69) is 12.1 Å². The minimum absolute atomic E-state index is 0.558. The number of nitrogens with two attached hydrogens (primary N) is 1. The van der Waals surface area contributed by atoms with Gasteiger partial charge in [-0.25, -0.2) is 0 Å². The van der Waals surface area contributed by atoms with E-state index in [-0.39, 0.29) is 0 Å². The summed E-state index contributed by atoms with van der Waals surface area (Å²) in [4.78, 5) is 0. The van der Waals surface area contributed by atoms with Gasteiger partial charge in [0.1, 0.15) is 0 Å². The fraction of sp³-hybridized carbons (Fsp3) is 0.0769. The second-order valence-corrected chi connectivity index (χ2v) is 3.72. The molecule has 2 aromatic carbocycles. The maximum Gasteiger partial charge on any atom is 0.0474 e. The molecule has 0 fully saturated rings. The van der Waals surface area contributed by atoms with Crippen molar-refractivity contribution >= 4 is 17.3 Å². The summed E-state index contributed by atoms with van der Waals surface area (Å²) in [6.45, 7) is 0. The Balaban J connectivity index is 2.33. The smallest absolute Gasteiger partial charge is 0.0474 e. The topological polar surface area (TPSA) is 26.0 Å². The highest BCUT2D eigenvalue weighted by Gasteiger charge is 1.97. The lowest BCUT2D eigenvalue weighted by atomic mass is 10.0. The van der Waals surface area contributed by atoms with Gasteiger partial charge in [-0.05, 0) is 28.8 Å². The van der Waals surface area contributed by atoms with E-state index in [1.807, 2.05) is 36.4 Å². The van der Waals surface area contributed by atoms with Gasteiger partial charge < -0.3 is 5.73 Å². The number of halogens is 1. The third-order valence-electron chi connectivity index (χ3n) is 2.35. The zero-order valence-corrected chi connectivity index (χ0v) is 9.04. The Hall–Kier alpha value is -1.47. The molecule has 0 heterocycles. The molecular formula is C13H12ClN. The molecule has 0 aliphatic carbocycles. The molecule has 15 heavy (non-hydrogen) atoms. The minimum atomic E-state index is 0.558.